The summed E-state index contributed by atoms with van der Waals surface area (Å²) in [5.74, 6) is -0.0247. The molecule has 1 aliphatic carbocycles. The van der Waals surface area contributed by atoms with Gasteiger partial charge in [-0.05, 0) is 19.8 Å². The van der Waals surface area contributed by atoms with E-state index in [-0.39, 0.29) is 11.7 Å². The van der Waals surface area contributed by atoms with Crippen LogP contribution < -0.4 is 4.90 Å². The van der Waals surface area contributed by atoms with Crippen LogP contribution in [0.2, 0.25) is 0 Å². The Kier molecular flexibility index (Phi) is 3.08. The second-order valence-corrected chi connectivity index (χ2v) is 6.66. The number of aryl methyl sites for hydroxylation is 3. The first-order chi connectivity index (χ1) is 11.0. The van der Waals surface area contributed by atoms with Gasteiger partial charge >= 0.3 is 0 Å². The number of amides is 1. The van der Waals surface area contributed by atoms with Crippen LogP contribution in [0, 0.1) is 6.92 Å². The minimum absolute atomic E-state index is 0.222. The molecule has 0 bridgehead atoms. The molecule has 0 saturated carbocycles. The predicted octanol–water partition coefficient (Wildman–Crippen LogP) is 2.22. The summed E-state index contributed by atoms with van der Waals surface area (Å²) in [6.07, 6.45) is 3.71. The SMILES string of the molecule is Cc1cc(C(=O)N(C)c2nc3c(s2)CCc2c-3cnn2C)on1. The Bertz CT molecular complexity index is 907. The number of anilines is 1. The minimum Gasteiger partial charge on any atom is -0.351 e. The molecule has 0 radical (unpaired) electrons. The summed E-state index contributed by atoms with van der Waals surface area (Å²) in [7, 11) is 3.65. The van der Waals surface area contributed by atoms with E-state index in [1.807, 2.05) is 17.9 Å². The number of nitrogens with zero attached hydrogens (tertiary/aromatic N) is 5. The summed E-state index contributed by atoms with van der Waals surface area (Å²) in [5, 5.41) is 8.73. The van der Waals surface area contributed by atoms with Gasteiger partial charge in [-0.25, -0.2) is 4.98 Å². The van der Waals surface area contributed by atoms with Crippen LogP contribution in [-0.2, 0) is 19.9 Å². The van der Waals surface area contributed by atoms with E-state index in [4.69, 9.17) is 4.52 Å². The molecule has 0 N–H and O–H groups in total. The highest BCUT2D eigenvalue weighted by atomic mass is 32.1. The van der Waals surface area contributed by atoms with Gasteiger partial charge < -0.3 is 4.52 Å². The number of rotatable bonds is 2. The Morgan fingerprint density at radius 1 is 1.43 bits per heavy atom. The lowest BCUT2D eigenvalue weighted by molar-refractivity contribution is 0.0957. The average molecular weight is 329 g/mol. The maximum atomic E-state index is 12.5. The fraction of sp³-hybridized carbons (Fsp3) is 0.333. The van der Waals surface area contributed by atoms with Crippen LogP contribution in [0.1, 0.15) is 26.8 Å². The number of aromatic nitrogens is 4. The fourth-order valence-electron chi connectivity index (χ4n) is 2.77. The lowest BCUT2D eigenvalue weighted by Crippen LogP contribution is -2.25. The fourth-order valence-corrected chi connectivity index (χ4v) is 3.80. The van der Waals surface area contributed by atoms with Crippen LogP contribution >= 0.6 is 11.3 Å². The van der Waals surface area contributed by atoms with Gasteiger partial charge in [0.25, 0.3) is 5.91 Å². The predicted molar refractivity (Wildman–Crippen MR) is 85.7 cm³/mol. The molecule has 1 aliphatic rings. The molecule has 0 spiro atoms. The Morgan fingerprint density at radius 2 is 2.26 bits per heavy atom. The molecule has 3 aromatic rings. The van der Waals surface area contributed by atoms with Crippen LogP contribution in [0.3, 0.4) is 0 Å². The lowest BCUT2D eigenvalue weighted by atomic mass is 10.0. The van der Waals surface area contributed by atoms with Gasteiger partial charge in [0.1, 0.15) is 0 Å². The summed E-state index contributed by atoms with van der Waals surface area (Å²) in [6.45, 7) is 1.78. The van der Waals surface area contributed by atoms with Crippen molar-refractivity contribution < 1.29 is 9.32 Å². The first-order valence-corrected chi connectivity index (χ1v) is 8.08. The number of carbonyl (C=O) groups excluding carboxylic acids is 1. The monoisotopic (exact) mass is 329 g/mol. The Hall–Kier alpha value is -2.48. The first-order valence-electron chi connectivity index (χ1n) is 7.27. The third-order valence-electron chi connectivity index (χ3n) is 4.02. The highest BCUT2D eigenvalue weighted by Gasteiger charge is 2.27. The largest absolute Gasteiger partial charge is 0.351 e. The molecule has 3 heterocycles. The van der Waals surface area contributed by atoms with Crippen molar-refractivity contribution in [1.29, 1.82) is 0 Å². The van der Waals surface area contributed by atoms with E-state index in [0.717, 1.165) is 24.1 Å². The molecule has 0 unspecified atom stereocenters. The molecule has 0 saturated heterocycles. The van der Waals surface area contributed by atoms with E-state index in [1.165, 1.54) is 15.5 Å². The van der Waals surface area contributed by atoms with Gasteiger partial charge in [0.2, 0.25) is 5.76 Å². The van der Waals surface area contributed by atoms with E-state index >= 15 is 0 Å². The number of thiazole rings is 1. The van der Waals surface area contributed by atoms with Crippen molar-refractivity contribution in [3.8, 4) is 11.3 Å². The molecule has 3 aromatic heterocycles. The second kappa shape index (κ2) is 5.02. The first kappa shape index (κ1) is 14.1. The summed E-state index contributed by atoms with van der Waals surface area (Å²) in [6, 6.07) is 1.63. The molecule has 8 heteroatoms. The van der Waals surface area contributed by atoms with E-state index in [2.05, 4.69) is 15.2 Å². The van der Waals surface area contributed by atoms with Crippen molar-refractivity contribution in [3.05, 3.63) is 34.3 Å². The van der Waals surface area contributed by atoms with Crippen LogP contribution in [0.25, 0.3) is 11.3 Å². The van der Waals surface area contributed by atoms with Crippen LogP contribution in [0.5, 0.6) is 0 Å². The van der Waals surface area contributed by atoms with Crippen molar-refractivity contribution in [3.63, 3.8) is 0 Å². The van der Waals surface area contributed by atoms with Crippen molar-refractivity contribution in [1.82, 2.24) is 19.9 Å². The van der Waals surface area contributed by atoms with Crippen molar-refractivity contribution >= 4 is 22.4 Å². The third kappa shape index (κ3) is 2.17. The third-order valence-corrected chi connectivity index (χ3v) is 5.21. The van der Waals surface area contributed by atoms with Gasteiger partial charge in [-0.3, -0.25) is 14.4 Å². The van der Waals surface area contributed by atoms with Gasteiger partial charge in [-0.15, -0.1) is 11.3 Å². The normalized spacial score (nSPS) is 12.8. The summed E-state index contributed by atoms with van der Waals surface area (Å²) < 4.78 is 6.94. The van der Waals surface area contributed by atoms with Crippen LogP contribution in [0.15, 0.2) is 16.8 Å². The summed E-state index contributed by atoms with van der Waals surface area (Å²) in [5.41, 5.74) is 3.87. The number of hydrogen-bond donors (Lipinski definition) is 0. The minimum atomic E-state index is -0.247. The molecule has 0 atom stereocenters. The topological polar surface area (TPSA) is 77.0 Å². The Morgan fingerprint density at radius 3 is 3.00 bits per heavy atom. The summed E-state index contributed by atoms with van der Waals surface area (Å²) in [4.78, 5) is 19.8. The zero-order valence-electron chi connectivity index (χ0n) is 13.0. The van der Waals surface area contributed by atoms with Crippen LogP contribution in [-0.4, -0.2) is 32.9 Å². The maximum Gasteiger partial charge on any atom is 0.298 e. The van der Waals surface area contributed by atoms with Gasteiger partial charge in [0.15, 0.2) is 5.13 Å². The van der Waals surface area contributed by atoms with E-state index in [1.54, 1.807) is 31.4 Å². The number of hydrogen-bond acceptors (Lipinski definition) is 6. The maximum absolute atomic E-state index is 12.5. The van der Waals surface area contributed by atoms with Gasteiger partial charge in [0, 0.05) is 36.3 Å². The molecule has 0 aromatic carbocycles. The molecule has 7 nitrogen and oxygen atoms in total. The molecule has 1 amide bonds. The van der Waals surface area contributed by atoms with Gasteiger partial charge in [-0.2, -0.15) is 5.10 Å². The highest BCUT2D eigenvalue weighted by molar-refractivity contribution is 7.16. The van der Waals surface area contributed by atoms with Crippen molar-refractivity contribution in [2.75, 3.05) is 11.9 Å². The Balaban J connectivity index is 1.69. The van der Waals surface area contributed by atoms with E-state index in [9.17, 15) is 4.79 Å². The van der Waals surface area contributed by atoms with E-state index in [0.29, 0.717) is 10.8 Å². The average Bonchev–Trinajstić information content (AvgIpc) is 3.23. The lowest BCUT2D eigenvalue weighted by Gasteiger charge is -2.11. The van der Waals surface area contributed by atoms with E-state index < -0.39 is 0 Å². The molecular formula is C15H15N5O2S. The van der Waals surface area contributed by atoms with Gasteiger partial charge in [0.05, 0.1) is 17.6 Å². The summed E-state index contributed by atoms with van der Waals surface area (Å²) >= 11 is 1.54. The molecular weight excluding hydrogens is 314 g/mol. The number of carbonyl (C=O) groups is 1. The molecule has 0 fully saturated rings. The Labute approximate surface area is 136 Å². The van der Waals surface area contributed by atoms with Crippen molar-refractivity contribution in [2.24, 2.45) is 7.05 Å². The quantitative estimate of drug-likeness (QED) is 0.720. The zero-order chi connectivity index (χ0) is 16.1. The van der Waals surface area contributed by atoms with Crippen LogP contribution in [0.4, 0.5) is 5.13 Å². The van der Waals surface area contributed by atoms with Crippen molar-refractivity contribution in [2.45, 2.75) is 19.8 Å². The molecule has 23 heavy (non-hydrogen) atoms. The number of fused-ring (bicyclic) bond motifs is 3. The zero-order valence-corrected chi connectivity index (χ0v) is 13.8. The second-order valence-electron chi connectivity index (χ2n) is 5.59. The molecule has 0 aliphatic heterocycles. The molecule has 4 rings (SSSR count). The van der Waals surface area contributed by atoms with Gasteiger partial charge in [-0.1, -0.05) is 5.16 Å². The highest BCUT2D eigenvalue weighted by Crippen LogP contribution is 2.39. The molecule has 118 valence electrons. The standard InChI is InChI=1S/C15H15N5O2S/c1-8-6-11(22-18-8)14(21)19(2)15-17-13-9-7-16-20(3)10(9)4-5-12(13)23-15/h6-7H,4-5H2,1-3H3. The smallest absolute Gasteiger partial charge is 0.298 e.